The lowest BCUT2D eigenvalue weighted by Gasteiger charge is -2.20. The largest absolute Gasteiger partial charge is 0.481 e. The summed E-state index contributed by atoms with van der Waals surface area (Å²) in [5.41, 5.74) is -2.25. The summed E-state index contributed by atoms with van der Waals surface area (Å²) >= 11 is 0. The van der Waals surface area contributed by atoms with Gasteiger partial charge in [0.25, 0.3) is 6.43 Å². The van der Waals surface area contributed by atoms with Crippen LogP contribution in [0.5, 0.6) is 0 Å². The fourth-order valence-corrected chi connectivity index (χ4v) is 1.09. The van der Waals surface area contributed by atoms with E-state index in [0.29, 0.717) is 0 Å². The summed E-state index contributed by atoms with van der Waals surface area (Å²) in [7, 11) is 0. The summed E-state index contributed by atoms with van der Waals surface area (Å²) in [5.74, 6) is -1.22. The van der Waals surface area contributed by atoms with Crippen LogP contribution in [0.2, 0.25) is 0 Å². The Kier molecular flexibility index (Phi) is 2.97. The lowest BCUT2D eigenvalue weighted by atomic mass is 9.88. The number of carboxylic acids is 1. The summed E-state index contributed by atoms with van der Waals surface area (Å²) in [6.07, 6.45) is -0.512. The van der Waals surface area contributed by atoms with Gasteiger partial charge >= 0.3 is 5.97 Å². The van der Waals surface area contributed by atoms with Crippen LogP contribution in [0, 0.1) is 0 Å². The van der Waals surface area contributed by atoms with Gasteiger partial charge in [0.05, 0.1) is 5.69 Å². The van der Waals surface area contributed by atoms with Gasteiger partial charge in [-0.3, -0.25) is 14.8 Å². The van der Waals surface area contributed by atoms with Gasteiger partial charge in [0.1, 0.15) is 11.1 Å². The molecule has 0 unspecified atom stereocenters. The van der Waals surface area contributed by atoms with Crippen molar-refractivity contribution in [1.82, 2.24) is 9.97 Å². The second-order valence-electron chi connectivity index (χ2n) is 3.52. The molecule has 0 spiro atoms. The number of aliphatic carboxylic acids is 1. The summed E-state index contributed by atoms with van der Waals surface area (Å²) in [5, 5.41) is 8.89. The van der Waals surface area contributed by atoms with Gasteiger partial charge in [-0.05, 0) is 13.8 Å². The van der Waals surface area contributed by atoms with E-state index in [0.717, 1.165) is 6.20 Å². The molecule has 1 aromatic heterocycles. The fourth-order valence-electron chi connectivity index (χ4n) is 1.09. The molecule has 0 saturated heterocycles. The molecule has 0 atom stereocenters. The molecule has 6 heteroatoms. The van der Waals surface area contributed by atoms with E-state index in [1.54, 1.807) is 0 Å². The summed E-state index contributed by atoms with van der Waals surface area (Å²) < 4.78 is 25.1. The number of alkyl halides is 2. The molecular weight excluding hydrogens is 206 g/mol. The molecule has 0 aliphatic carbocycles. The molecule has 1 rings (SSSR count). The van der Waals surface area contributed by atoms with Crippen molar-refractivity contribution in [2.45, 2.75) is 25.7 Å². The van der Waals surface area contributed by atoms with Crippen LogP contribution in [-0.2, 0) is 10.2 Å². The molecule has 0 aromatic carbocycles. The zero-order valence-electron chi connectivity index (χ0n) is 8.24. The molecular formula is C9H10F2N2O2. The maximum atomic E-state index is 12.5. The van der Waals surface area contributed by atoms with Crippen molar-refractivity contribution < 1.29 is 18.7 Å². The van der Waals surface area contributed by atoms with E-state index in [1.807, 2.05) is 0 Å². The topological polar surface area (TPSA) is 63.1 Å². The highest BCUT2D eigenvalue weighted by molar-refractivity contribution is 5.79. The first-order valence-corrected chi connectivity index (χ1v) is 4.20. The molecule has 15 heavy (non-hydrogen) atoms. The first-order chi connectivity index (χ1) is 6.87. The molecule has 0 saturated carbocycles. The number of rotatable bonds is 3. The van der Waals surface area contributed by atoms with Crippen molar-refractivity contribution in [3.8, 4) is 0 Å². The van der Waals surface area contributed by atoms with Gasteiger partial charge in [-0.25, -0.2) is 8.78 Å². The predicted octanol–water partition coefficient (Wildman–Crippen LogP) is 1.78. The Hall–Kier alpha value is -1.59. The van der Waals surface area contributed by atoms with Gasteiger partial charge < -0.3 is 5.11 Å². The second kappa shape index (κ2) is 3.88. The van der Waals surface area contributed by atoms with Crippen molar-refractivity contribution in [3.63, 3.8) is 0 Å². The van der Waals surface area contributed by atoms with Gasteiger partial charge in [-0.15, -0.1) is 0 Å². The van der Waals surface area contributed by atoms with E-state index in [-0.39, 0.29) is 5.69 Å². The summed E-state index contributed by atoms with van der Waals surface area (Å²) in [4.78, 5) is 18.0. The van der Waals surface area contributed by atoms with Gasteiger partial charge in [0.15, 0.2) is 0 Å². The van der Waals surface area contributed by atoms with E-state index in [4.69, 9.17) is 5.11 Å². The van der Waals surface area contributed by atoms with E-state index in [9.17, 15) is 13.6 Å². The third-order valence-corrected chi connectivity index (χ3v) is 2.06. The number of carbonyl (C=O) groups is 1. The van der Waals surface area contributed by atoms with Crippen molar-refractivity contribution >= 4 is 5.97 Å². The number of hydrogen-bond donors (Lipinski definition) is 1. The first kappa shape index (κ1) is 11.5. The molecule has 82 valence electrons. The minimum absolute atomic E-state index is 0.201. The summed E-state index contributed by atoms with van der Waals surface area (Å²) in [6, 6.07) is 0. The van der Waals surface area contributed by atoms with Crippen LogP contribution in [0.3, 0.4) is 0 Å². The second-order valence-corrected chi connectivity index (χ2v) is 3.52. The van der Waals surface area contributed by atoms with Gasteiger partial charge in [0, 0.05) is 12.4 Å². The predicted molar refractivity (Wildman–Crippen MR) is 47.7 cm³/mol. The van der Waals surface area contributed by atoms with Crippen LogP contribution < -0.4 is 0 Å². The Morgan fingerprint density at radius 2 is 1.93 bits per heavy atom. The van der Waals surface area contributed by atoms with E-state index in [2.05, 4.69) is 9.97 Å². The van der Waals surface area contributed by atoms with Crippen LogP contribution in [-0.4, -0.2) is 21.0 Å². The Balaban J connectivity index is 3.30. The number of aromatic nitrogens is 2. The Morgan fingerprint density at radius 3 is 2.40 bits per heavy atom. The fraction of sp³-hybridized carbons (Fsp3) is 0.444. The molecule has 0 fully saturated rings. The monoisotopic (exact) mass is 216 g/mol. The maximum Gasteiger partial charge on any atom is 0.315 e. The number of nitrogens with zero attached hydrogens (tertiary/aromatic N) is 2. The Bertz CT molecular complexity index is 380. The molecule has 0 aliphatic heterocycles. The normalized spacial score (nSPS) is 11.8. The lowest BCUT2D eigenvalue weighted by molar-refractivity contribution is -0.142. The van der Waals surface area contributed by atoms with Crippen molar-refractivity contribution in [2.24, 2.45) is 0 Å². The summed E-state index contributed by atoms with van der Waals surface area (Å²) in [6.45, 7) is 2.62. The quantitative estimate of drug-likeness (QED) is 0.836. The third-order valence-electron chi connectivity index (χ3n) is 2.06. The average Bonchev–Trinajstić information content (AvgIpc) is 2.17. The van der Waals surface area contributed by atoms with E-state index in [1.165, 1.54) is 20.0 Å². The highest BCUT2D eigenvalue weighted by atomic mass is 19.3. The maximum absolute atomic E-state index is 12.5. The van der Waals surface area contributed by atoms with Crippen molar-refractivity contribution in [1.29, 1.82) is 0 Å². The average molecular weight is 216 g/mol. The zero-order valence-corrected chi connectivity index (χ0v) is 8.24. The van der Waals surface area contributed by atoms with Crippen LogP contribution in [0.15, 0.2) is 12.4 Å². The molecule has 0 aliphatic rings. The molecule has 1 N–H and O–H groups in total. The molecule has 1 aromatic rings. The number of carboxylic acid groups (broad SMARTS) is 1. The zero-order chi connectivity index (χ0) is 11.6. The Labute approximate surface area is 85.0 Å². The van der Waals surface area contributed by atoms with Crippen LogP contribution in [0.25, 0.3) is 0 Å². The Morgan fingerprint density at radius 1 is 1.40 bits per heavy atom. The molecule has 0 bridgehead atoms. The molecule has 0 radical (unpaired) electrons. The first-order valence-electron chi connectivity index (χ1n) is 4.20. The highest BCUT2D eigenvalue weighted by Gasteiger charge is 2.35. The van der Waals surface area contributed by atoms with Crippen LogP contribution in [0.1, 0.15) is 31.7 Å². The lowest BCUT2D eigenvalue weighted by Crippen LogP contribution is -2.31. The highest BCUT2D eigenvalue weighted by Crippen LogP contribution is 2.29. The smallest absolute Gasteiger partial charge is 0.315 e. The molecule has 0 amide bonds. The van der Waals surface area contributed by atoms with E-state index >= 15 is 0 Å². The third kappa shape index (κ3) is 2.08. The van der Waals surface area contributed by atoms with Crippen molar-refractivity contribution in [2.75, 3.05) is 0 Å². The number of halogens is 2. The van der Waals surface area contributed by atoms with Gasteiger partial charge in [-0.1, -0.05) is 0 Å². The number of hydrogen-bond acceptors (Lipinski definition) is 3. The van der Waals surface area contributed by atoms with E-state index < -0.39 is 23.5 Å². The standard InChI is InChI=1S/C9H10F2N2O2/c1-9(2,8(14)15)6-5(7(10)11)12-3-4-13-6/h3-4,7H,1-2H3,(H,14,15). The molecule has 4 nitrogen and oxygen atoms in total. The van der Waals surface area contributed by atoms with Crippen LogP contribution in [0.4, 0.5) is 8.78 Å². The minimum Gasteiger partial charge on any atom is -0.481 e. The SMILES string of the molecule is CC(C)(C(=O)O)c1nccnc1C(F)F. The minimum atomic E-state index is -2.83. The molecule has 1 heterocycles. The van der Waals surface area contributed by atoms with Crippen molar-refractivity contribution in [3.05, 3.63) is 23.8 Å². The van der Waals surface area contributed by atoms with Gasteiger partial charge in [0.2, 0.25) is 0 Å². The van der Waals surface area contributed by atoms with Gasteiger partial charge in [-0.2, -0.15) is 0 Å². The van der Waals surface area contributed by atoms with Crippen LogP contribution >= 0.6 is 0 Å².